The van der Waals surface area contributed by atoms with Gasteiger partial charge < -0.3 is 9.05 Å². The summed E-state index contributed by atoms with van der Waals surface area (Å²) in [5.41, 5.74) is 7.74. The Hall–Kier alpha value is -4.37. The molecule has 3 aliphatic rings. The molecule has 5 heteroatoms. The molecule has 0 radical (unpaired) electrons. The van der Waals surface area contributed by atoms with E-state index in [1.807, 2.05) is 24.3 Å². The SMILES string of the molecule is O=P1(O)Oc2c(-c3ccc(C4CCCCC4)cc3)cc3ccccc3c2-c2c(c(-c3ccc(C4CCCCC4)cc3)cc3ccccc23)O1. The number of hydrogen-bond donors (Lipinski definition) is 1. The molecule has 2 saturated carbocycles. The fourth-order valence-corrected chi connectivity index (χ4v) is 9.64. The molecule has 2 fully saturated rings. The lowest BCUT2D eigenvalue weighted by atomic mass is 9.83. The number of rotatable bonds is 4. The van der Waals surface area contributed by atoms with Crippen molar-refractivity contribution in [3.8, 4) is 44.9 Å². The molecule has 0 atom stereocenters. The van der Waals surface area contributed by atoms with Gasteiger partial charge in [-0.15, -0.1) is 0 Å². The number of hydrogen-bond acceptors (Lipinski definition) is 3. The lowest BCUT2D eigenvalue weighted by Crippen LogP contribution is -2.04. The van der Waals surface area contributed by atoms with E-state index in [0.717, 1.165) is 54.9 Å². The predicted octanol–water partition coefficient (Wildman–Crippen LogP) is 13.0. The molecule has 0 unspecified atom stereocenters. The number of phosphoric acid groups is 1. The summed E-state index contributed by atoms with van der Waals surface area (Å²) in [4.78, 5) is 11.5. The van der Waals surface area contributed by atoms with Crippen LogP contribution in [0.2, 0.25) is 0 Å². The smallest absolute Gasteiger partial charge is 0.394 e. The van der Waals surface area contributed by atoms with Crippen LogP contribution in [0, 0.1) is 0 Å². The van der Waals surface area contributed by atoms with Crippen LogP contribution in [-0.4, -0.2) is 4.89 Å². The maximum Gasteiger partial charge on any atom is 0.584 e. The highest BCUT2D eigenvalue weighted by Crippen LogP contribution is 2.61. The van der Waals surface area contributed by atoms with Gasteiger partial charge in [-0.2, -0.15) is 0 Å². The van der Waals surface area contributed by atoms with E-state index >= 15 is 0 Å². The monoisotopic (exact) mass is 664 g/mol. The van der Waals surface area contributed by atoms with Gasteiger partial charge in [-0.05, 0) is 93.5 Å². The number of benzene rings is 6. The summed E-state index contributed by atoms with van der Waals surface area (Å²) in [6.07, 6.45) is 12.7. The lowest BCUT2D eigenvalue weighted by Gasteiger charge is -2.22. The van der Waals surface area contributed by atoms with Crippen LogP contribution in [0.3, 0.4) is 0 Å². The van der Waals surface area contributed by atoms with Gasteiger partial charge >= 0.3 is 7.82 Å². The van der Waals surface area contributed by atoms with Gasteiger partial charge in [0, 0.05) is 22.3 Å². The second-order valence-electron chi connectivity index (χ2n) is 14.3. The van der Waals surface area contributed by atoms with E-state index in [9.17, 15) is 9.46 Å². The van der Waals surface area contributed by atoms with Crippen molar-refractivity contribution in [3.63, 3.8) is 0 Å². The molecular weight excluding hydrogens is 623 g/mol. The fraction of sp³-hybridized carbons (Fsp3) is 0.273. The molecule has 0 amide bonds. The zero-order chi connectivity index (χ0) is 33.0. The minimum atomic E-state index is -4.61. The van der Waals surface area contributed by atoms with E-state index in [-0.39, 0.29) is 0 Å². The lowest BCUT2D eigenvalue weighted by molar-refractivity contribution is 0.295. The van der Waals surface area contributed by atoms with Gasteiger partial charge in [-0.1, -0.05) is 136 Å². The normalized spacial score (nSPS) is 17.9. The Kier molecular flexibility index (Phi) is 7.83. The Bertz CT molecular complexity index is 2070. The van der Waals surface area contributed by atoms with Gasteiger partial charge in [0.05, 0.1) is 0 Å². The van der Waals surface area contributed by atoms with Crippen LogP contribution < -0.4 is 9.05 Å². The Morgan fingerprint density at radius 3 is 1.31 bits per heavy atom. The van der Waals surface area contributed by atoms with E-state index in [0.29, 0.717) is 23.3 Å². The standard InChI is InChI=1S/C44H41O4P/c45-49(46)47-43-39(33-23-19-31(20-24-33)29-11-3-1-4-12-29)27-35-15-7-9-17-37(35)41(43)42-38-18-10-8-16-36(38)28-40(44(42)48-49)34-25-21-32(22-26-34)30-13-5-2-6-14-30/h7-10,15-30H,1-6,11-14H2,(H,45,46). The van der Waals surface area contributed by atoms with Gasteiger partial charge in [-0.25, -0.2) is 4.57 Å². The maximum absolute atomic E-state index is 14.1. The quantitative estimate of drug-likeness (QED) is 0.191. The van der Waals surface area contributed by atoms with Gasteiger partial charge in [0.25, 0.3) is 0 Å². The molecule has 1 aliphatic heterocycles. The summed E-state index contributed by atoms with van der Waals surface area (Å²) < 4.78 is 26.4. The highest BCUT2D eigenvalue weighted by Gasteiger charge is 2.37. The first-order chi connectivity index (χ1) is 24.0. The summed E-state index contributed by atoms with van der Waals surface area (Å²) in [5, 5.41) is 3.95. The first kappa shape index (κ1) is 30.7. The minimum absolute atomic E-state index is 0.378. The molecule has 49 heavy (non-hydrogen) atoms. The van der Waals surface area contributed by atoms with Gasteiger partial charge in [0.15, 0.2) is 0 Å². The third-order valence-corrected chi connectivity index (χ3v) is 12.1. The zero-order valence-corrected chi connectivity index (χ0v) is 28.6. The molecule has 246 valence electrons. The maximum atomic E-state index is 14.1. The first-order valence-corrected chi connectivity index (χ1v) is 19.6. The number of fused-ring (bicyclic) bond motifs is 7. The molecule has 0 spiro atoms. The highest BCUT2D eigenvalue weighted by molar-refractivity contribution is 7.48. The van der Waals surface area contributed by atoms with E-state index in [1.54, 1.807) is 0 Å². The van der Waals surface area contributed by atoms with Crippen LogP contribution in [0.5, 0.6) is 11.5 Å². The number of phosphoric ester groups is 1. The fourth-order valence-electron chi connectivity index (χ4n) is 8.76. The van der Waals surface area contributed by atoms with Crippen molar-refractivity contribution in [1.29, 1.82) is 0 Å². The molecule has 1 heterocycles. The molecule has 9 rings (SSSR count). The third-order valence-electron chi connectivity index (χ3n) is 11.3. The van der Waals surface area contributed by atoms with Crippen LogP contribution >= 0.6 is 7.82 Å². The van der Waals surface area contributed by atoms with Crippen molar-refractivity contribution in [3.05, 3.63) is 120 Å². The van der Waals surface area contributed by atoms with Gasteiger partial charge in [-0.3, -0.25) is 4.89 Å². The van der Waals surface area contributed by atoms with E-state index in [1.165, 1.54) is 75.3 Å². The van der Waals surface area contributed by atoms with Crippen LogP contribution in [0.1, 0.15) is 87.2 Å². The second kappa shape index (κ2) is 12.5. The van der Waals surface area contributed by atoms with Crippen molar-refractivity contribution >= 4 is 29.4 Å². The largest absolute Gasteiger partial charge is 0.584 e. The Morgan fingerprint density at radius 1 is 0.510 bits per heavy atom. The van der Waals surface area contributed by atoms with Gasteiger partial charge in [0.2, 0.25) is 0 Å². The zero-order valence-electron chi connectivity index (χ0n) is 27.7. The minimum Gasteiger partial charge on any atom is -0.394 e. The van der Waals surface area contributed by atoms with Crippen LogP contribution in [0.25, 0.3) is 54.9 Å². The molecule has 0 aromatic heterocycles. The Labute approximate surface area is 288 Å². The van der Waals surface area contributed by atoms with Crippen molar-refractivity contribution in [1.82, 2.24) is 0 Å². The molecule has 6 aromatic carbocycles. The average Bonchev–Trinajstić information content (AvgIpc) is 3.28. The molecule has 0 saturated heterocycles. The summed E-state index contributed by atoms with van der Waals surface area (Å²) in [7, 11) is -4.61. The highest BCUT2D eigenvalue weighted by atomic mass is 31.2. The van der Waals surface area contributed by atoms with E-state index < -0.39 is 7.82 Å². The summed E-state index contributed by atoms with van der Waals surface area (Å²) in [5.74, 6) is 1.94. The van der Waals surface area contributed by atoms with Crippen LogP contribution in [-0.2, 0) is 4.57 Å². The van der Waals surface area contributed by atoms with Gasteiger partial charge in [0.1, 0.15) is 11.5 Å². The second-order valence-corrected chi connectivity index (χ2v) is 15.6. The van der Waals surface area contributed by atoms with Crippen molar-refractivity contribution in [2.45, 2.75) is 76.0 Å². The molecule has 0 bridgehead atoms. The van der Waals surface area contributed by atoms with E-state index in [2.05, 4.69) is 84.9 Å². The summed E-state index contributed by atoms with van der Waals surface area (Å²) >= 11 is 0. The third kappa shape index (κ3) is 5.66. The van der Waals surface area contributed by atoms with E-state index in [4.69, 9.17) is 9.05 Å². The Morgan fingerprint density at radius 2 is 0.898 bits per heavy atom. The molecule has 6 aromatic rings. The summed E-state index contributed by atoms with van der Waals surface area (Å²) in [6.45, 7) is 0. The topological polar surface area (TPSA) is 55.8 Å². The first-order valence-electron chi connectivity index (χ1n) is 18.1. The molecule has 2 aliphatic carbocycles. The molecule has 4 nitrogen and oxygen atoms in total. The van der Waals surface area contributed by atoms with Crippen LogP contribution in [0.4, 0.5) is 0 Å². The van der Waals surface area contributed by atoms with Crippen LogP contribution in [0.15, 0.2) is 109 Å². The molecule has 1 N–H and O–H groups in total. The van der Waals surface area contributed by atoms with Crippen molar-refractivity contribution < 1.29 is 18.5 Å². The summed E-state index contributed by atoms with van der Waals surface area (Å²) in [6, 6.07) is 38.2. The Balaban J connectivity index is 1.28. The van der Waals surface area contributed by atoms with Crippen molar-refractivity contribution in [2.75, 3.05) is 0 Å². The average molecular weight is 665 g/mol. The van der Waals surface area contributed by atoms with Crippen molar-refractivity contribution in [2.24, 2.45) is 0 Å². The predicted molar refractivity (Wildman–Crippen MR) is 200 cm³/mol. The molecular formula is C44H41O4P.